The number of nitrogens with zero attached hydrogens (tertiary/aromatic N) is 2. The Labute approximate surface area is 102 Å². The van der Waals surface area contributed by atoms with E-state index in [-0.39, 0.29) is 23.9 Å². The molecule has 1 aromatic rings. The predicted octanol–water partition coefficient (Wildman–Crippen LogP) is 2.32. The van der Waals surface area contributed by atoms with E-state index in [2.05, 4.69) is 31.2 Å². The summed E-state index contributed by atoms with van der Waals surface area (Å²) in [6.45, 7) is 4.06. The van der Waals surface area contributed by atoms with Gasteiger partial charge in [0.05, 0.1) is 4.47 Å². The Bertz CT molecular complexity index is 337. The number of aliphatic hydroxyl groups excluding tert-OH is 1. The van der Waals surface area contributed by atoms with E-state index in [0.717, 1.165) is 4.47 Å². The van der Waals surface area contributed by atoms with Crippen LogP contribution in [0.3, 0.4) is 0 Å². The Morgan fingerprint density at radius 2 is 2.27 bits per heavy atom. The Morgan fingerprint density at radius 1 is 1.60 bits per heavy atom. The Kier molecular flexibility index (Phi) is 4.76. The quantitative estimate of drug-likeness (QED) is 0.837. The van der Waals surface area contributed by atoms with Crippen molar-refractivity contribution in [2.75, 3.05) is 11.9 Å². The van der Waals surface area contributed by atoms with Gasteiger partial charge in [0.25, 0.3) is 0 Å². The molecule has 2 N–H and O–H groups in total. The van der Waals surface area contributed by atoms with Crippen LogP contribution in [0, 0.1) is 5.92 Å². The maximum absolute atomic E-state index is 9.00. The lowest BCUT2D eigenvalue weighted by Gasteiger charge is -2.20. The van der Waals surface area contributed by atoms with Crippen LogP contribution in [0.25, 0.3) is 0 Å². The van der Waals surface area contributed by atoms with Gasteiger partial charge in [-0.25, -0.2) is 4.98 Å². The molecule has 0 spiro atoms. The molecule has 0 saturated carbocycles. The van der Waals surface area contributed by atoms with E-state index >= 15 is 0 Å². The molecule has 0 aliphatic rings. The molecular weight excluding hydrogens is 281 g/mol. The molecule has 0 aliphatic carbocycles. The van der Waals surface area contributed by atoms with Gasteiger partial charge < -0.3 is 10.4 Å². The fraction of sp³-hybridized carbons (Fsp3) is 0.556. The second-order valence-corrected chi connectivity index (χ2v) is 4.62. The maximum atomic E-state index is 9.00. The number of halogens is 2. The molecule has 0 saturated heterocycles. The summed E-state index contributed by atoms with van der Waals surface area (Å²) in [6.07, 6.45) is 1.59. The maximum Gasteiger partial charge on any atom is 0.224 e. The summed E-state index contributed by atoms with van der Waals surface area (Å²) in [7, 11) is 0. The Hall–Kier alpha value is -0.390. The molecular formula is C9H13BrClN3O. The van der Waals surface area contributed by atoms with Crippen LogP contribution in [0.1, 0.15) is 13.8 Å². The number of aliphatic hydroxyl groups is 1. The molecule has 84 valence electrons. The zero-order chi connectivity index (χ0) is 11.4. The van der Waals surface area contributed by atoms with Crippen molar-refractivity contribution >= 4 is 33.3 Å². The summed E-state index contributed by atoms with van der Waals surface area (Å²) >= 11 is 9.00. The third kappa shape index (κ3) is 3.59. The van der Waals surface area contributed by atoms with Crippen LogP contribution in [0.2, 0.25) is 5.28 Å². The van der Waals surface area contributed by atoms with Crippen molar-refractivity contribution in [3.63, 3.8) is 0 Å². The van der Waals surface area contributed by atoms with Gasteiger partial charge in [0.15, 0.2) is 0 Å². The zero-order valence-electron chi connectivity index (χ0n) is 8.54. The molecule has 1 rings (SSSR count). The molecule has 4 nitrogen and oxygen atoms in total. The van der Waals surface area contributed by atoms with E-state index in [0.29, 0.717) is 5.82 Å². The number of nitrogens with one attached hydrogen (secondary N) is 1. The summed E-state index contributed by atoms with van der Waals surface area (Å²) in [5.41, 5.74) is 0. The minimum Gasteiger partial charge on any atom is -0.396 e. The van der Waals surface area contributed by atoms with Gasteiger partial charge in [-0.15, -0.1) is 0 Å². The lowest BCUT2D eigenvalue weighted by molar-refractivity contribution is 0.226. The first-order chi connectivity index (χ1) is 7.04. The van der Waals surface area contributed by atoms with Crippen LogP contribution in [0.4, 0.5) is 5.82 Å². The second-order valence-electron chi connectivity index (χ2n) is 3.43. The minimum absolute atomic E-state index is 0.109. The summed E-state index contributed by atoms with van der Waals surface area (Å²) < 4.78 is 0.754. The van der Waals surface area contributed by atoms with Crippen LogP contribution in [0.15, 0.2) is 10.7 Å². The predicted molar refractivity (Wildman–Crippen MR) is 64.1 cm³/mol. The third-order valence-corrected chi connectivity index (χ3v) is 2.98. The van der Waals surface area contributed by atoms with Crippen molar-refractivity contribution < 1.29 is 5.11 Å². The van der Waals surface area contributed by atoms with Gasteiger partial charge in [-0.2, -0.15) is 4.98 Å². The average Bonchev–Trinajstić information content (AvgIpc) is 2.22. The van der Waals surface area contributed by atoms with Crippen molar-refractivity contribution in [1.82, 2.24) is 9.97 Å². The third-order valence-electron chi connectivity index (χ3n) is 2.22. The van der Waals surface area contributed by atoms with Crippen molar-refractivity contribution in [1.29, 1.82) is 0 Å². The number of aromatic nitrogens is 2. The van der Waals surface area contributed by atoms with E-state index < -0.39 is 0 Å². The number of hydrogen-bond donors (Lipinski definition) is 2. The number of anilines is 1. The molecule has 0 fully saturated rings. The van der Waals surface area contributed by atoms with Crippen molar-refractivity contribution in [2.45, 2.75) is 19.9 Å². The van der Waals surface area contributed by atoms with E-state index in [1.165, 1.54) is 0 Å². The lowest BCUT2D eigenvalue weighted by atomic mass is 10.1. The Balaban J connectivity index is 2.75. The van der Waals surface area contributed by atoms with E-state index in [1.54, 1.807) is 6.20 Å². The van der Waals surface area contributed by atoms with Gasteiger partial charge in [0.1, 0.15) is 5.82 Å². The largest absolute Gasteiger partial charge is 0.396 e. The summed E-state index contributed by atoms with van der Waals surface area (Å²) in [6, 6.07) is 0.109. The second kappa shape index (κ2) is 5.63. The van der Waals surface area contributed by atoms with Crippen LogP contribution in [0.5, 0.6) is 0 Å². The topological polar surface area (TPSA) is 58.0 Å². The first-order valence-corrected chi connectivity index (χ1v) is 5.77. The fourth-order valence-corrected chi connectivity index (χ4v) is 1.40. The number of hydrogen-bond acceptors (Lipinski definition) is 4. The molecule has 0 bridgehead atoms. The smallest absolute Gasteiger partial charge is 0.224 e. The first kappa shape index (κ1) is 12.7. The molecule has 0 amide bonds. The highest BCUT2D eigenvalue weighted by atomic mass is 79.9. The van der Waals surface area contributed by atoms with E-state index in [1.807, 2.05) is 13.8 Å². The molecule has 0 radical (unpaired) electrons. The van der Waals surface area contributed by atoms with Gasteiger partial charge >= 0.3 is 0 Å². The van der Waals surface area contributed by atoms with Crippen molar-refractivity contribution in [3.8, 4) is 0 Å². The molecule has 1 aromatic heterocycles. The van der Waals surface area contributed by atoms with Crippen molar-refractivity contribution in [2.24, 2.45) is 5.92 Å². The number of rotatable bonds is 4. The molecule has 2 atom stereocenters. The van der Waals surface area contributed by atoms with Crippen LogP contribution in [-0.4, -0.2) is 27.7 Å². The highest BCUT2D eigenvalue weighted by Gasteiger charge is 2.13. The van der Waals surface area contributed by atoms with Gasteiger partial charge in [0, 0.05) is 18.8 Å². The highest BCUT2D eigenvalue weighted by Crippen LogP contribution is 2.22. The minimum atomic E-state index is 0.109. The zero-order valence-corrected chi connectivity index (χ0v) is 10.9. The van der Waals surface area contributed by atoms with E-state index in [9.17, 15) is 0 Å². The average molecular weight is 295 g/mol. The summed E-state index contributed by atoms with van der Waals surface area (Å²) in [5, 5.41) is 12.4. The fourth-order valence-electron chi connectivity index (χ4n) is 0.963. The normalized spacial score (nSPS) is 14.7. The van der Waals surface area contributed by atoms with Crippen LogP contribution >= 0.6 is 27.5 Å². The van der Waals surface area contributed by atoms with Gasteiger partial charge in [0.2, 0.25) is 5.28 Å². The van der Waals surface area contributed by atoms with Crippen LogP contribution < -0.4 is 5.32 Å². The Morgan fingerprint density at radius 3 is 2.87 bits per heavy atom. The summed E-state index contributed by atoms with van der Waals surface area (Å²) in [4.78, 5) is 7.87. The lowest BCUT2D eigenvalue weighted by Crippen LogP contribution is -2.26. The van der Waals surface area contributed by atoms with Crippen molar-refractivity contribution in [3.05, 3.63) is 16.0 Å². The molecule has 6 heteroatoms. The highest BCUT2D eigenvalue weighted by molar-refractivity contribution is 9.10. The summed E-state index contributed by atoms with van der Waals surface area (Å²) in [5.74, 6) is 0.786. The molecule has 2 unspecified atom stereocenters. The van der Waals surface area contributed by atoms with Gasteiger partial charge in [-0.1, -0.05) is 6.92 Å². The molecule has 15 heavy (non-hydrogen) atoms. The standard InChI is InChI=1S/C9H13BrClN3O/c1-5(4-15)6(2)13-8-7(10)3-12-9(11)14-8/h3,5-6,15H,4H2,1-2H3,(H,12,13,14). The monoisotopic (exact) mass is 293 g/mol. The molecule has 0 aliphatic heterocycles. The molecule has 0 aromatic carbocycles. The van der Waals surface area contributed by atoms with E-state index in [4.69, 9.17) is 16.7 Å². The van der Waals surface area contributed by atoms with Crippen LogP contribution in [-0.2, 0) is 0 Å². The SMILES string of the molecule is CC(CO)C(C)Nc1nc(Cl)ncc1Br. The first-order valence-electron chi connectivity index (χ1n) is 4.60. The van der Waals surface area contributed by atoms with Gasteiger partial charge in [-0.05, 0) is 40.4 Å². The molecule has 1 heterocycles. The van der Waals surface area contributed by atoms with Gasteiger partial charge in [-0.3, -0.25) is 0 Å².